The van der Waals surface area contributed by atoms with Gasteiger partial charge in [0.05, 0.1) is 16.6 Å². The molecule has 0 amide bonds. The van der Waals surface area contributed by atoms with Crippen LogP contribution >= 0.6 is 0 Å². The SMILES string of the molecule is O=S(c1ccccc1)n1cc(-c2cnn(CC3CNC3)c2)c2ccc(F)cc21. The fourth-order valence-electron chi connectivity index (χ4n) is 3.53. The van der Waals surface area contributed by atoms with Gasteiger partial charge in [-0.05, 0) is 30.3 Å². The molecule has 0 bridgehead atoms. The molecule has 5 nitrogen and oxygen atoms in total. The summed E-state index contributed by atoms with van der Waals surface area (Å²) in [5.74, 6) is 0.255. The van der Waals surface area contributed by atoms with Gasteiger partial charge in [0, 0.05) is 54.5 Å². The second-order valence-electron chi connectivity index (χ2n) is 7.07. The number of nitrogens with one attached hydrogen (secondary N) is 1. The molecule has 1 aliphatic rings. The molecule has 2 aromatic carbocycles. The third kappa shape index (κ3) is 3.06. The van der Waals surface area contributed by atoms with Crippen molar-refractivity contribution in [1.29, 1.82) is 0 Å². The lowest BCUT2D eigenvalue weighted by molar-refractivity contribution is 0.295. The minimum atomic E-state index is -1.46. The van der Waals surface area contributed by atoms with E-state index in [0.29, 0.717) is 16.3 Å². The van der Waals surface area contributed by atoms with Gasteiger partial charge in [0.2, 0.25) is 0 Å². The lowest BCUT2D eigenvalue weighted by Crippen LogP contribution is -2.44. The summed E-state index contributed by atoms with van der Waals surface area (Å²) in [6.45, 7) is 2.91. The molecule has 0 saturated carbocycles. The van der Waals surface area contributed by atoms with Gasteiger partial charge in [0.25, 0.3) is 0 Å². The first-order valence-corrected chi connectivity index (χ1v) is 10.3. The average molecular weight is 394 g/mol. The number of nitrogens with zero attached hydrogens (tertiary/aromatic N) is 3. The van der Waals surface area contributed by atoms with Crippen LogP contribution in [0, 0.1) is 11.7 Å². The Morgan fingerprint density at radius 1 is 1.14 bits per heavy atom. The number of aromatic nitrogens is 3. The van der Waals surface area contributed by atoms with Crippen LogP contribution in [0.5, 0.6) is 0 Å². The molecule has 1 N–H and O–H groups in total. The predicted octanol–water partition coefficient (Wildman–Crippen LogP) is 3.43. The van der Waals surface area contributed by atoms with Gasteiger partial charge in [0.15, 0.2) is 11.0 Å². The Bertz CT molecular complexity index is 1160. The molecule has 3 heterocycles. The third-order valence-corrected chi connectivity index (χ3v) is 6.45. The fourth-order valence-corrected chi connectivity index (χ4v) is 4.68. The maximum Gasteiger partial charge on any atom is 0.157 e. The van der Waals surface area contributed by atoms with Gasteiger partial charge in [-0.15, -0.1) is 0 Å². The van der Waals surface area contributed by atoms with E-state index in [-0.39, 0.29) is 5.82 Å². The quantitative estimate of drug-likeness (QED) is 0.564. The molecule has 0 radical (unpaired) electrons. The van der Waals surface area contributed by atoms with E-state index >= 15 is 0 Å². The van der Waals surface area contributed by atoms with Crippen molar-refractivity contribution in [3.63, 3.8) is 0 Å². The van der Waals surface area contributed by atoms with Crippen LogP contribution in [0.3, 0.4) is 0 Å². The lowest BCUT2D eigenvalue weighted by atomic mass is 10.0. The molecule has 7 heteroatoms. The molecule has 1 atom stereocenters. The van der Waals surface area contributed by atoms with Gasteiger partial charge in [0.1, 0.15) is 5.82 Å². The smallest absolute Gasteiger partial charge is 0.157 e. The van der Waals surface area contributed by atoms with Gasteiger partial charge < -0.3 is 5.32 Å². The van der Waals surface area contributed by atoms with Gasteiger partial charge in [-0.25, -0.2) is 8.60 Å². The molecule has 4 aromatic rings. The zero-order valence-electron chi connectivity index (χ0n) is 15.1. The molecule has 1 unspecified atom stereocenters. The first kappa shape index (κ1) is 17.3. The van der Waals surface area contributed by atoms with Gasteiger partial charge >= 0.3 is 0 Å². The highest BCUT2D eigenvalue weighted by molar-refractivity contribution is 7.83. The summed E-state index contributed by atoms with van der Waals surface area (Å²) < 4.78 is 30.7. The van der Waals surface area contributed by atoms with E-state index in [1.165, 1.54) is 12.1 Å². The van der Waals surface area contributed by atoms with Crippen LogP contribution in [-0.4, -0.2) is 31.1 Å². The topological polar surface area (TPSA) is 51.9 Å². The van der Waals surface area contributed by atoms with E-state index in [1.807, 2.05) is 53.6 Å². The minimum Gasteiger partial charge on any atom is -0.316 e. The zero-order chi connectivity index (χ0) is 19.1. The van der Waals surface area contributed by atoms with Crippen molar-refractivity contribution in [2.24, 2.45) is 5.92 Å². The van der Waals surface area contributed by atoms with Crippen LogP contribution in [0.15, 0.2) is 72.0 Å². The summed E-state index contributed by atoms with van der Waals surface area (Å²) in [5, 5.41) is 8.60. The molecule has 2 aromatic heterocycles. The number of hydrogen-bond acceptors (Lipinski definition) is 3. The number of fused-ring (bicyclic) bond motifs is 1. The number of benzene rings is 2. The molecule has 0 aliphatic carbocycles. The van der Waals surface area contributed by atoms with E-state index in [1.54, 1.807) is 10.0 Å². The van der Waals surface area contributed by atoms with Crippen LogP contribution in [-0.2, 0) is 17.5 Å². The molecule has 0 spiro atoms. The summed E-state index contributed by atoms with van der Waals surface area (Å²) in [6, 6.07) is 13.8. The summed E-state index contributed by atoms with van der Waals surface area (Å²) in [4.78, 5) is 0.670. The highest BCUT2D eigenvalue weighted by Gasteiger charge is 2.20. The van der Waals surface area contributed by atoms with Crippen molar-refractivity contribution in [2.75, 3.05) is 13.1 Å². The van der Waals surface area contributed by atoms with Crippen molar-refractivity contribution in [1.82, 2.24) is 19.1 Å². The highest BCUT2D eigenvalue weighted by atomic mass is 32.2. The normalized spacial score (nSPS) is 15.6. The Kier molecular flexibility index (Phi) is 4.33. The lowest BCUT2D eigenvalue weighted by Gasteiger charge is -2.26. The van der Waals surface area contributed by atoms with Crippen LogP contribution < -0.4 is 5.32 Å². The van der Waals surface area contributed by atoms with E-state index in [2.05, 4.69) is 10.4 Å². The number of rotatable bonds is 5. The zero-order valence-corrected chi connectivity index (χ0v) is 15.9. The molecule has 1 fully saturated rings. The second kappa shape index (κ2) is 7.00. The van der Waals surface area contributed by atoms with Crippen molar-refractivity contribution in [3.8, 4) is 11.1 Å². The van der Waals surface area contributed by atoms with Crippen molar-refractivity contribution in [3.05, 3.63) is 72.9 Å². The van der Waals surface area contributed by atoms with E-state index in [9.17, 15) is 8.60 Å². The van der Waals surface area contributed by atoms with E-state index in [4.69, 9.17) is 0 Å². The molecule has 1 saturated heterocycles. The minimum absolute atomic E-state index is 0.350. The number of halogens is 1. The summed E-state index contributed by atoms with van der Waals surface area (Å²) in [7, 11) is -1.46. The van der Waals surface area contributed by atoms with Crippen LogP contribution in [0.25, 0.3) is 22.0 Å². The maximum atomic E-state index is 14.0. The largest absolute Gasteiger partial charge is 0.316 e. The Morgan fingerprint density at radius 2 is 1.96 bits per heavy atom. The third-order valence-electron chi connectivity index (χ3n) is 5.11. The van der Waals surface area contributed by atoms with Gasteiger partial charge in [-0.1, -0.05) is 18.2 Å². The molecule has 28 heavy (non-hydrogen) atoms. The van der Waals surface area contributed by atoms with Crippen molar-refractivity contribution < 1.29 is 8.60 Å². The van der Waals surface area contributed by atoms with Crippen molar-refractivity contribution in [2.45, 2.75) is 11.4 Å². The molecular weight excluding hydrogens is 375 g/mol. The summed E-state index contributed by atoms with van der Waals surface area (Å²) >= 11 is 0. The monoisotopic (exact) mass is 394 g/mol. The molecule has 5 rings (SSSR count). The first-order chi connectivity index (χ1) is 13.7. The summed E-state index contributed by atoms with van der Waals surface area (Å²) in [6.07, 6.45) is 5.66. The van der Waals surface area contributed by atoms with E-state index in [0.717, 1.165) is 36.1 Å². The standard InChI is InChI=1S/C21H19FN4OS/c22-17-6-7-19-20(16-11-24-25(13-16)12-15-9-23-10-15)14-26(21(19)8-17)28(27)18-4-2-1-3-5-18/h1-8,11,13-15,23H,9-10,12H2. The Balaban J connectivity index is 1.59. The second-order valence-corrected chi connectivity index (χ2v) is 8.43. The highest BCUT2D eigenvalue weighted by Crippen LogP contribution is 2.32. The fraction of sp³-hybridized carbons (Fsp3) is 0.190. The van der Waals surface area contributed by atoms with Crippen LogP contribution in [0.4, 0.5) is 4.39 Å². The Hall–Kier alpha value is -2.77. The Labute approximate surface area is 164 Å². The van der Waals surface area contributed by atoms with Gasteiger partial charge in [-0.3, -0.25) is 8.65 Å². The predicted molar refractivity (Wildman–Crippen MR) is 108 cm³/mol. The van der Waals surface area contributed by atoms with Crippen LogP contribution in [0.1, 0.15) is 0 Å². The first-order valence-electron chi connectivity index (χ1n) is 9.20. The molecular formula is C21H19FN4OS. The van der Waals surface area contributed by atoms with Crippen molar-refractivity contribution >= 4 is 21.9 Å². The molecule has 1 aliphatic heterocycles. The van der Waals surface area contributed by atoms with Gasteiger partial charge in [-0.2, -0.15) is 5.10 Å². The maximum absolute atomic E-state index is 14.0. The number of hydrogen-bond donors (Lipinski definition) is 1. The molecule has 142 valence electrons. The average Bonchev–Trinajstić information content (AvgIpc) is 3.29. The Morgan fingerprint density at radius 3 is 2.71 bits per heavy atom. The summed E-state index contributed by atoms with van der Waals surface area (Å²) in [5.41, 5.74) is 2.44. The van der Waals surface area contributed by atoms with E-state index < -0.39 is 11.0 Å². The van der Waals surface area contributed by atoms with Crippen LogP contribution in [0.2, 0.25) is 0 Å².